The molecule has 8 rings (SSSR count). The number of carboxylic acids is 2. The SMILES string of the molecule is N=C(NCCCCCCNC(=N)NC(=N)N1CCCN1c1cc2c(cc1F)c(=O)c(C(=O)O)cn2C1CC1)NC(=N)N1CCCN1c1cc2c(cc1F)c(=O)c(C(=O)O)cn2C1CC1. The van der Waals surface area contributed by atoms with Gasteiger partial charge >= 0.3 is 11.9 Å². The summed E-state index contributed by atoms with van der Waals surface area (Å²) in [7, 11) is 0. The fourth-order valence-corrected chi connectivity index (χ4v) is 8.40. The highest BCUT2D eigenvalue weighted by Crippen LogP contribution is 2.40. The summed E-state index contributed by atoms with van der Waals surface area (Å²) < 4.78 is 34.7. The van der Waals surface area contributed by atoms with E-state index in [9.17, 15) is 29.4 Å². The van der Waals surface area contributed by atoms with E-state index in [1.54, 1.807) is 19.2 Å². The maximum atomic E-state index is 15.6. The molecule has 4 fully saturated rings. The van der Waals surface area contributed by atoms with Gasteiger partial charge in [-0.1, -0.05) is 12.8 Å². The third-order valence-electron chi connectivity index (χ3n) is 11.9. The zero-order valence-corrected chi connectivity index (χ0v) is 34.9. The highest BCUT2D eigenvalue weighted by atomic mass is 19.1. The number of hydrazine groups is 2. The fraction of sp³-hybridized carbons (Fsp3) is 0.429. The van der Waals surface area contributed by atoms with Gasteiger partial charge in [-0.3, -0.25) is 61.9 Å². The van der Waals surface area contributed by atoms with Crippen molar-refractivity contribution in [1.82, 2.24) is 40.4 Å². The van der Waals surface area contributed by atoms with E-state index >= 15 is 8.78 Å². The predicted octanol–water partition coefficient (Wildman–Crippen LogP) is 3.87. The zero-order valence-electron chi connectivity index (χ0n) is 34.9. The Morgan fingerprint density at radius 3 is 1.36 bits per heavy atom. The van der Waals surface area contributed by atoms with Crippen LogP contribution in [0.5, 0.6) is 0 Å². The lowest BCUT2D eigenvalue weighted by Gasteiger charge is -2.32. The first-order valence-corrected chi connectivity index (χ1v) is 21.4. The van der Waals surface area contributed by atoms with Gasteiger partial charge in [0.15, 0.2) is 11.9 Å². The van der Waals surface area contributed by atoms with E-state index in [2.05, 4.69) is 21.3 Å². The first-order chi connectivity index (χ1) is 30.7. The number of fused-ring (bicyclic) bond motifs is 2. The van der Waals surface area contributed by atoms with Crippen LogP contribution in [0.2, 0.25) is 0 Å². The van der Waals surface area contributed by atoms with E-state index in [0.29, 0.717) is 63.1 Å². The lowest BCUT2D eigenvalue weighted by Crippen LogP contribution is -2.52. The minimum Gasteiger partial charge on any atom is -0.477 e. The third-order valence-corrected chi connectivity index (χ3v) is 11.9. The maximum Gasteiger partial charge on any atom is 0.341 e. The highest BCUT2D eigenvalue weighted by molar-refractivity contribution is 5.98. The van der Waals surface area contributed by atoms with Crippen LogP contribution in [0.3, 0.4) is 0 Å². The van der Waals surface area contributed by atoms with Gasteiger partial charge in [-0.25, -0.2) is 18.4 Å². The lowest BCUT2D eigenvalue weighted by atomic mass is 10.1. The number of guanidine groups is 4. The molecule has 64 heavy (non-hydrogen) atoms. The Labute approximate surface area is 364 Å². The van der Waals surface area contributed by atoms with Crippen LogP contribution in [0.4, 0.5) is 20.2 Å². The molecule has 2 aromatic carbocycles. The number of pyridine rings is 2. The molecule has 338 valence electrons. The van der Waals surface area contributed by atoms with Gasteiger partial charge in [0.2, 0.25) is 22.8 Å². The molecular weight excluding hydrogens is 835 g/mol. The zero-order chi connectivity index (χ0) is 45.4. The predicted molar refractivity (Wildman–Crippen MR) is 236 cm³/mol. The second-order valence-electron chi connectivity index (χ2n) is 16.4. The van der Waals surface area contributed by atoms with Gasteiger partial charge in [0, 0.05) is 74.5 Å². The van der Waals surface area contributed by atoms with E-state index in [1.807, 2.05) is 0 Å². The second-order valence-corrected chi connectivity index (χ2v) is 16.4. The molecule has 10 N–H and O–H groups in total. The molecule has 2 saturated carbocycles. The van der Waals surface area contributed by atoms with Crippen molar-refractivity contribution >= 4 is 69.0 Å². The molecule has 4 heterocycles. The molecule has 0 amide bonds. The Balaban J connectivity index is 0.762. The highest BCUT2D eigenvalue weighted by Gasteiger charge is 2.33. The largest absolute Gasteiger partial charge is 0.477 e. The number of benzene rings is 2. The number of aromatic carboxylic acids is 2. The maximum absolute atomic E-state index is 15.6. The summed E-state index contributed by atoms with van der Waals surface area (Å²) >= 11 is 0. The topological polar surface area (TPSA) is 275 Å². The number of rotatable bonds is 13. The van der Waals surface area contributed by atoms with Gasteiger partial charge in [0.05, 0.1) is 22.4 Å². The molecule has 2 aliphatic heterocycles. The van der Waals surface area contributed by atoms with Crippen molar-refractivity contribution in [2.24, 2.45) is 0 Å². The molecule has 0 spiro atoms. The molecule has 20 nitrogen and oxygen atoms in total. The van der Waals surface area contributed by atoms with Crippen molar-refractivity contribution < 1.29 is 28.6 Å². The van der Waals surface area contributed by atoms with E-state index in [0.717, 1.165) is 63.5 Å². The first-order valence-electron chi connectivity index (χ1n) is 21.4. The molecule has 0 atom stereocenters. The van der Waals surface area contributed by atoms with Crippen LogP contribution in [-0.4, -0.2) is 104 Å². The summed E-state index contributed by atoms with van der Waals surface area (Å²) in [6.07, 6.45) is 10.2. The molecule has 22 heteroatoms. The summed E-state index contributed by atoms with van der Waals surface area (Å²) in [6.45, 7) is 2.45. The third kappa shape index (κ3) is 8.84. The van der Waals surface area contributed by atoms with Gasteiger partial charge < -0.3 is 30.0 Å². The minimum absolute atomic E-state index is 0.0153. The number of carbonyl (C=O) groups is 2. The molecule has 2 aromatic heterocycles. The van der Waals surface area contributed by atoms with E-state index in [4.69, 9.17) is 21.6 Å². The molecule has 4 aromatic rings. The van der Waals surface area contributed by atoms with Gasteiger partial charge in [0.25, 0.3) is 0 Å². The summed E-state index contributed by atoms with van der Waals surface area (Å²) in [6, 6.07) is 5.23. The van der Waals surface area contributed by atoms with E-state index in [1.165, 1.54) is 34.5 Å². The summed E-state index contributed by atoms with van der Waals surface area (Å²) in [5.74, 6) is -4.66. The minimum atomic E-state index is -1.37. The average Bonchev–Trinajstić information content (AvgIpc) is 4.18. The molecule has 0 radical (unpaired) electrons. The monoisotopic (exact) mass is 884 g/mol. The number of unbranched alkanes of at least 4 members (excludes halogenated alkanes) is 3. The quantitative estimate of drug-likeness (QED) is 0.0519. The number of aromatic nitrogens is 2. The van der Waals surface area contributed by atoms with Gasteiger partial charge in [0.1, 0.15) is 22.8 Å². The second kappa shape index (κ2) is 17.8. The van der Waals surface area contributed by atoms with Crippen LogP contribution in [0.15, 0.2) is 46.2 Å². The standard InChI is InChI=1S/C42H50F2N14O6/c43-29-17-25-31(53(23-7-8-23)21-27(35(25)59)37(61)62)19-33(29)55-13-5-15-57(55)41(47)51-39(45)49-11-3-1-2-4-12-50-40(46)52-42(48)58-16-6-14-56(58)34-20-32-26(18-30(34)44)36(60)28(38(63)64)22-54(32)24-9-10-24/h17-24H,1-16H2,(H,61,62)(H,63,64)(H4,45,47,49,51)(H4,46,48,50,52). The van der Waals surface area contributed by atoms with Crippen LogP contribution in [0, 0.1) is 33.3 Å². The number of halogens is 2. The Bertz CT molecular complexity index is 2530. The van der Waals surface area contributed by atoms with Crippen molar-refractivity contribution in [2.75, 3.05) is 49.3 Å². The first kappa shape index (κ1) is 43.4. The molecule has 2 aliphatic carbocycles. The lowest BCUT2D eigenvalue weighted by molar-refractivity contribution is 0.0684. The van der Waals surface area contributed by atoms with Crippen LogP contribution in [0.1, 0.15) is 97.0 Å². The number of anilines is 2. The number of hydrogen-bond acceptors (Lipinski definition) is 10. The molecule has 0 unspecified atom stereocenters. The fourth-order valence-electron chi connectivity index (χ4n) is 8.40. The van der Waals surface area contributed by atoms with Crippen molar-refractivity contribution in [3.8, 4) is 0 Å². The Hall–Kier alpha value is -7.26. The van der Waals surface area contributed by atoms with Crippen molar-refractivity contribution in [1.29, 1.82) is 21.6 Å². The Kier molecular flexibility index (Phi) is 12.1. The van der Waals surface area contributed by atoms with E-state index < -0.39 is 45.6 Å². The number of nitrogens with zero attached hydrogens (tertiary/aromatic N) is 6. The van der Waals surface area contributed by atoms with Crippen LogP contribution >= 0.6 is 0 Å². The normalized spacial score (nSPS) is 16.1. The van der Waals surface area contributed by atoms with Crippen LogP contribution in [0.25, 0.3) is 21.8 Å². The number of hydrogen-bond donors (Lipinski definition) is 10. The van der Waals surface area contributed by atoms with Crippen LogP contribution < -0.4 is 42.1 Å². The molecule has 2 saturated heterocycles. The summed E-state index contributed by atoms with van der Waals surface area (Å²) in [4.78, 5) is 49.3. The van der Waals surface area contributed by atoms with Gasteiger partial charge in [-0.15, -0.1) is 0 Å². The summed E-state index contributed by atoms with van der Waals surface area (Å²) in [5.41, 5.74) is -1.20. The van der Waals surface area contributed by atoms with Crippen molar-refractivity contribution in [3.05, 3.63) is 79.9 Å². The smallest absolute Gasteiger partial charge is 0.341 e. The molecular formula is C42H50F2N14O6. The Morgan fingerprint density at radius 2 is 1.00 bits per heavy atom. The molecule has 4 aliphatic rings. The van der Waals surface area contributed by atoms with Crippen LogP contribution in [-0.2, 0) is 0 Å². The van der Waals surface area contributed by atoms with Gasteiger partial charge in [-0.05, 0) is 75.6 Å². The number of carboxylic acid groups (broad SMARTS) is 2. The average molecular weight is 885 g/mol. The Morgan fingerprint density at radius 1 is 0.609 bits per heavy atom. The van der Waals surface area contributed by atoms with Crippen molar-refractivity contribution in [2.45, 2.75) is 76.3 Å². The molecule has 0 bridgehead atoms. The van der Waals surface area contributed by atoms with Crippen molar-refractivity contribution in [3.63, 3.8) is 0 Å². The summed E-state index contributed by atoms with van der Waals surface area (Å²) in [5, 5.41) is 70.7. The number of nitrogens with one attached hydrogen (secondary N) is 8. The van der Waals surface area contributed by atoms with E-state index in [-0.39, 0.29) is 58.1 Å². The van der Waals surface area contributed by atoms with Gasteiger partial charge in [-0.2, -0.15) is 0 Å².